The highest BCUT2D eigenvalue weighted by Crippen LogP contribution is 2.30. The van der Waals surface area contributed by atoms with Crippen LogP contribution in [-0.2, 0) is 9.53 Å². The van der Waals surface area contributed by atoms with Gasteiger partial charge in [0.05, 0.1) is 26.9 Å². The lowest BCUT2D eigenvalue weighted by molar-refractivity contribution is -0.124. The van der Waals surface area contributed by atoms with Gasteiger partial charge in [0.15, 0.2) is 11.5 Å². The summed E-state index contributed by atoms with van der Waals surface area (Å²) in [4.78, 5) is 24.2. The number of hydrogen-bond acceptors (Lipinski definition) is 5. The maximum Gasteiger partial charge on any atom is 0.407 e. The van der Waals surface area contributed by atoms with Crippen LogP contribution in [0.25, 0.3) is 0 Å². The largest absolute Gasteiger partial charge is 0.493 e. The van der Waals surface area contributed by atoms with Crippen molar-refractivity contribution >= 4 is 12.0 Å². The minimum Gasteiger partial charge on any atom is -0.493 e. The lowest BCUT2D eigenvalue weighted by Gasteiger charge is -2.23. The van der Waals surface area contributed by atoms with E-state index < -0.39 is 12.1 Å². The van der Waals surface area contributed by atoms with Gasteiger partial charge in [-0.25, -0.2) is 4.79 Å². The number of ether oxygens (including phenoxy) is 3. The molecule has 0 spiro atoms. The van der Waals surface area contributed by atoms with Gasteiger partial charge in [-0.2, -0.15) is 0 Å². The van der Waals surface area contributed by atoms with Gasteiger partial charge in [-0.15, -0.1) is 0 Å². The summed E-state index contributed by atoms with van der Waals surface area (Å²) >= 11 is 0. The normalized spacial score (nSPS) is 12.9. The number of benzene rings is 1. The Balaban J connectivity index is 2.86. The molecule has 2 N–H and O–H groups in total. The molecule has 7 heteroatoms. The van der Waals surface area contributed by atoms with Crippen molar-refractivity contribution in [2.45, 2.75) is 52.6 Å². The summed E-state index contributed by atoms with van der Waals surface area (Å²) in [5.74, 6) is 1.27. The van der Waals surface area contributed by atoms with Crippen LogP contribution >= 0.6 is 0 Å². The van der Waals surface area contributed by atoms with Gasteiger partial charge in [0.2, 0.25) is 5.91 Å². The molecular weight excluding hydrogens is 348 g/mol. The number of carbonyl (C=O) groups excluding carboxylic acids is 2. The molecule has 27 heavy (non-hydrogen) atoms. The molecule has 152 valence electrons. The van der Waals surface area contributed by atoms with Gasteiger partial charge in [0.1, 0.15) is 6.04 Å². The first-order chi connectivity index (χ1) is 12.8. The number of rotatable bonds is 10. The number of carbonyl (C=O) groups is 2. The van der Waals surface area contributed by atoms with Crippen molar-refractivity contribution in [2.75, 3.05) is 20.8 Å². The molecule has 1 aromatic carbocycles. The Bertz CT molecular complexity index is 618. The van der Waals surface area contributed by atoms with Crippen molar-refractivity contribution in [1.29, 1.82) is 0 Å². The van der Waals surface area contributed by atoms with Crippen LogP contribution in [0.5, 0.6) is 11.5 Å². The molecule has 7 nitrogen and oxygen atoms in total. The number of nitrogens with one attached hydrogen (secondary N) is 2. The van der Waals surface area contributed by atoms with E-state index in [9.17, 15) is 9.59 Å². The Morgan fingerprint density at radius 1 is 1.07 bits per heavy atom. The highest BCUT2D eigenvalue weighted by molar-refractivity contribution is 5.85. The zero-order valence-corrected chi connectivity index (χ0v) is 17.1. The average Bonchev–Trinajstić information content (AvgIpc) is 2.64. The standard InChI is InChI=1S/C20H32N2O5/c1-7-10-27-17-9-8-15(12-18(17)25-5)14(4)21-19(23)16(11-13(2)3)22-20(24)26-6/h8-9,12-14,16H,7,10-11H2,1-6H3,(H,21,23)(H,22,24). The Hall–Kier alpha value is -2.44. The zero-order valence-electron chi connectivity index (χ0n) is 17.1. The third-order valence-electron chi connectivity index (χ3n) is 4.01. The van der Waals surface area contributed by atoms with Crippen LogP contribution in [0.2, 0.25) is 0 Å². The summed E-state index contributed by atoms with van der Waals surface area (Å²) in [6, 6.07) is 4.66. The van der Waals surface area contributed by atoms with Gasteiger partial charge >= 0.3 is 6.09 Å². The van der Waals surface area contributed by atoms with Crippen LogP contribution in [0.15, 0.2) is 18.2 Å². The van der Waals surface area contributed by atoms with Crippen molar-refractivity contribution in [1.82, 2.24) is 10.6 Å². The van der Waals surface area contributed by atoms with E-state index in [1.54, 1.807) is 7.11 Å². The SMILES string of the molecule is CCCOc1ccc(C(C)NC(=O)C(CC(C)C)NC(=O)OC)cc1OC. The molecule has 2 atom stereocenters. The maximum absolute atomic E-state index is 12.6. The molecule has 2 unspecified atom stereocenters. The molecular formula is C20H32N2O5. The highest BCUT2D eigenvalue weighted by atomic mass is 16.5. The van der Waals surface area contributed by atoms with Gasteiger partial charge < -0.3 is 24.8 Å². The van der Waals surface area contributed by atoms with E-state index in [-0.39, 0.29) is 17.9 Å². The van der Waals surface area contributed by atoms with E-state index in [1.165, 1.54) is 7.11 Å². The second-order valence-electron chi connectivity index (χ2n) is 6.81. The summed E-state index contributed by atoms with van der Waals surface area (Å²) < 4.78 is 15.7. The second-order valence-corrected chi connectivity index (χ2v) is 6.81. The monoisotopic (exact) mass is 380 g/mol. The predicted molar refractivity (Wildman–Crippen MR) is 104 cm³/mol. The van der Waals surface area contributed by atoms with Crippen LogP contribution in [-0.4, -0.2) is 38.9 Å². The third kappa shape index (κ3) is 7.37. The van der Waals surface area contributed by atoms with Gasteiger partial charge in [0.25, 0.3) is 0 Å². The molecule has 0 aliphatic heterocycles. The van der Waals surface area contributed by atoms with Crippen molar-refractivity contribution < 1.29 is 23.8 Å². The minimum atomic E-state index is -0.658. The van der Waals surface area contributed by atoms with E-state index in [2.05, 4.69) is 15.4 Å². The van der Waals surface area contributed by atoms with Crippen LogP contribution in [0.4, 0.5) is 4.79 Å². The van der Waals surface area contributed by atoms with E-state index in [0.29, 0.717) is 24.5 Å². The predicted octanol–water partition coefficient (Wildman–Crippen LogP) is 3.43. The molecule has 0 saturated carbocycles. The number of alkyl carbamates (subject to hydrolysis) is 1. The van der Waals surface area contributed by atoms with Crippen LogP contribution < -0.4 is 20.1 Å². The summed E-state index contributed by atoms with van der Waals surface area (Å²) in [6.07, 6.45) is 0.797. The second kappa shape index (κ2) is 11.3. The topological polar surface area (TPSA) is 85.9 Å². The fraction of sp³-hybridized carbons (Fsp3) is 0.600. The molecule has 0 radical (unpaired) electrons. The van der Waals surface area contributed by atoms with E-state index in [1.807, 2.05) is 45.9 Å². The molecule has 0 bridgehead atoms. The summed E-state index contributed by atoms with van der Waals surface area (Å²) in [7, 11) is 2.86. The summed E-state index contributed by atoms with van der Waals surface area (Å²) in [5, 5.41) is 5.53. The first-order valence-electron chi connectivity index (χ1n) is 9.27. The Morgan fingerprint density at radius 2 is 1.78 bits per heavy atom. The fourth-order valence-corrected chi connectivity index (χ4v) is 2.59. The van der Waals surface area contributed by atoms with Crippen LogP contribution in [0.3, 0.4) is 0 Å². The van der Waals surface area contributed by atoms with Crippen molar-refractivity contribution in [3.63, 3.8) is 0 Å². The first kappa shape index (κ1) is 22.6. The lowest BCUT2D eigenvalue weighted by Crippen LogP contribution is -2.47. The molecule has 0 saturated heterocycles. The molecule has 0 aromatic heterocycles. The zero-order chi connectivity index (χ0) is 20.4. The summed E-state index contributed by atoms with van der Waals surface area (Å²) in [6.45, 7) is 8.50. The Morgan fingerprint density at radius 3 is 2.33 bits per heavy atom. The molecule has 0 aliphatic rings. The lowest BCUT2D eigenvalue weighted by atomic mass is 10.0. The van der Waals surface area contributed by atoms with Gasteiger partial charge in [-0.1, -0.05) is 26.8 Å². The van der Waals surface area contributed by atoms with Gasteiger partial charge in [-0.05, 0) is 43.4 Å². The smallest absolute Gasteiger partial charge is 0.407 e. The molecule has 1 rings (SSSR count). The van der Waals surface area contributed by atoms with E-state index in [4.69, 9.17) is 9.47 Å². The number of amides is 2. The summed E-state index contributed by atoms with van der Waals surface area (Å²) in [5.41, 5.74) is 0.880. The highest BCUT2D eigenvalue weighted by Gasteiger charge is 2.24. The molecule has 0 aliphatic carbocycles. The van der Waals surface area contributed by atoms with Crippen molar-refractivity contribution in [2.24, 2.45) is 5.92 Å². The Labute approximate surface area is 161 Å². The third-order valence-corrected chi connectivity index (χ3v) is 4.01. The van der Waals surface area contributed by atoms with Gasteiger partial charge in [0, 0.05) is 0 Å². The first-order valence-corrected chi connectivity index (χ1v) is 9.27. The van der Waals surface area contributed by atoms with E-state index in [0.717, 1.165) is 12.0 Å². The maximum atomic E-state index is 12.6. The Kier molecular flexibility index (Phi) is 9.47. The minimum absolute atomic E-state index is 0.239. The molecule has 0 heterocycles. The van der Waals surface area contributed by atoms with E-state index >= 15 is 0 Å². The van der Waals surface area contributed by atoms with Crippen molar-refractivity contribution in [3.8, 4) is 11.5 Å². The number of methoxy groups -OCH3 is 2. The quantitative estimate of drug-likeness (QED) is 0.649. The molecule has 0 fully saturated rings. The van der Waals surface area contributed by atoms with Crippen LogP contribution in [0, 0.1) is 5.92 Å². The fourth-order valence-electron chi connectivity index (χ4n) is 2.59. The molecule has 1 aromatic rings. The molecule has 2 amide bonds. The van der Waals surface area contributed by atoms with Gasteiger partial charge in [-0.3, -0.25) is 4.79 Å². The van der Waals surface area contributed by atoms with Crippen molar-refractivity contribution in [3.05, 3.63) is 23.8 Å². The number of hydrogen-bond donors (Lipinski definition) is 2. The average molecular weight is 380 g/mol. The van der Waals surface area contributed by atoms with Crippen LogP contribution in [0.1, 0.15) is 52.1 Å².